The van der Waals surface area contributed by atoms with Crippen molar-refractivity contribution in [2.75, 3.05) is 55.0 Å². The van der Waals surface area contributed by atoms with Crippen molar-refractivity contribution in [3.63, 3.8) is 0 Å². The lowest BCUT2D eigenvalue weighted by molar-refractivity contribution is 0.0240. The van der Waals surface area contributed by atoms with E-state index in [0.717, 1.165) is 17.3 Å². The van der Waals surface area contributed by atoms with Crippen LogP contribution in [0.4, 0.5) is 22.1 Å². The van der Waals surface area contributed by atoms with Crippen LogP contribution < -0.4 is 19.9 Å². The minimum absolute atomic E-state index is 0.0314. The van der Waals surface area contributed by atoms with Crippen molar-refractivity contribution < 1.29 is 28.6 Å². The normalized spacial score (nSPS) is 15.1. The number of pyridine rings is 1. The van der Waals surface area contributed by atoms with E-state index in [1.807, 2.05) is 39.0 Å². The van der Waals surface area contributed by atoms with Gasteiger partial charge in [0.25, 0.3) is 11.8 Å². The van der Waals surface area contributed by atoms with Gasteiger partial charge in [-0.05, 0) is 50.6 Å². The lowest BCUT2D eigenvalue weighted by Crippen LogP contribution is -2.50. The fraction of sp³-hybridized carbons (Fsp3) is 0.500. The first kappa shape index (κ1) is 33.8. The van der Waals surface area contributed by atoms with E-state index in [9.17, 15) is 14.4 Å². The van der Waals surface area contributed by atoms with E-state index in [0.29, 0.717) is 49.8 Å². The number of amides is 3. The molecular weight excluding hydrogens is 620 g/mol. The summed E-state index contributed by atoms with van der Waals surface area (Å²) in [5.74, 6) is -0.136. The Bertz CT molecular complexity index is 1620. The van der Waals surface area contributed by atoms with Gasteiger partial charge in [-0.15, -0.1) is 5.10 Å². The second-order valence-electron chi connectivity index (χ2n) is 13.8. The van der Waals surface area contributed by atoms with Crippen LogP contribution in [0, 0.1) is 0 Å². The highest BCUT2D eigenvalue weighted by molar-refractivity contribution is 6.76. The van der Waals surface area contributed by atoms with Gasteiger partial charge in [0.05, 0.1) is 31.2 Å². The molecule has 0 unspecified atom stereocenters. The molecule has 0 radical (unpaired) electrons. The van der Waals surface area contributed by atoms with Crippen LogP contribution >= 0.6 is 0 Å². The average molecular weight is 665 g/mol. The Balaban J connectivity index is 1.33. The summed E-state index contributed by atoms with van der Waals surface area (Å²) >= 11 is 0. The molecule has 5 rings (SSSR count). The summed E-state index contributed by atoms with van der Waals surface area (Å²) < 4.78 is 18.3. The van der Waals surface area contributed by atoms with Crippen molar-refractivity contribution in [1.82, 2.24) is 24.6 Å². The summed E-state index contributed by atoms with van der Waals surface area (Å²) in [6, 6.07) is 8.13. The second kappa shape index (κ2) is 13.7. The zero-order valence-electron chi connectivity index (χ0n) is 28.2. The first-order valence-electron chi connectivity index (χ1n) is 15.7. The summed E-state index contributed by atoms with van der Waals surface area (Å²) in [6.07, 6.45) is 2.87. The first-order valence-corrected chi connectivity index (χ1v) is 19.4. The van der Waals surface area contributed by atoms with Crippen molar-refractivity contribution in [3.05, 3.63) is 53.6 Å². The van der Waals surface area contributed by atoms with E-state index in [1.165, 1.54) is 9.58 Å². The molecule has 14 nitrogen and oxygen atoms in total. The molecule has 15 heteroatoms. The highest BCUT2D eigenvalue weighted by Crippen LogP contribution is 2.31. The van der Waals surface area contributed by atoms with Crippen LogP contribution in [-0.4, -0.2) is 96.1 Å². The predicted octanol–water partition coefficient (Wildman–Crippen LogP) is 4.46. The zero-order chi connectivity index (χ0) is 33.9. The number of anilines is 3. The Labute approximate surface area is 276 Å². The van der Waals surface area contributed by atoms with Crippen molar-refractivity contribution in [2.24, 2.45) is 0 Å². The number of hydrogen-bond donors (Lipinski definition) is 1. The van der Waals surface area contributed by atoms with Gasteiger partial charge < -0.3 is 29.3 Å². The number of nitrogens with zero attached hydrogens (tertiary/aromatic N) is 7. The number of hydrogen-bond acceptors (Lipinski definition) is 10. The summed E-state index contributed by atoms with van der Waals surface area (Å²) in [5, 5.41) is 7.39. The predicted molar refractivity (Wildman–Crippen MR) is 180 cm³/mol. The third-order valence-electron chi connectivity index (χ3n) is 7.75. The SMILES string of the molecule is COc1ccc2c(c1)C(=O)N(c1nc(C(=O)Nc3cnccc3N3CCN(C(=O)OC(C)(C)C)CC3)nn1COCC[Si](C)(C)C)C2. The standard InChI is InChI=1S/C32H44N8O6Si/c1-32(2,3)46-31(43)38-14-12-37(13-15-38)26-10-11-33-19-25(26)34-28(41)27-35-30(40(36-27)21-45-16-17-47(5,6)7)39-20-22-8-9-23(44-4)18-24(22)29(39)42/h8-11,18-19H,12-17,20-21H2,1-7H3,(H,34,41). The third-order valence-corrected chi connectivity index (χ3v) is 9.45. The van der Waals surface area contributed by atoms with Gasteiger partial charge in [0.1, 0.15) is 18.1 Å². The van der Waals surface area contributed by atoms with E-state index >= 15 is 0 Å². The Kier molecular flexibility index (Phi) is 9.86. The van der Waals surface area contributed by atoms with Crippen molar-refractivity contribution in [3.8, 4) is 5.75 Å². The molecule has 4 heterocycles. The number of fused-ring (bicyclic) bond motifs is 1. The largest absolute Gasteiger partial charge is 0.497 e. The molecule has 0 atom stereocenters. The van der Waals surface area contributed by atoms with Crippen LogP contribution in [0.1, 0.15) is 47.3 Å². The summed E-state index contributed by atoms with van der Waals surface area (Å²) in [6.45, 7) is 15.2. The number of carbonyl (C=O) groups is 3. The maximum absolute atomic E-state index is 13.6. The van der Waals surface area contributed by atoms with E-state index in [-0.39, 0.29) is 37.0 Å². The third kappa shape index (κ3) is 8.27. The molecule has 3 amide bonds. The number of carbonyl (C=O) groups excluding carboxylic acids is 3. The molecule has 2 aliphatic heterocycles. The van der Waals surface area contributed by atoms with Crippen molar-refractivity contribution >= 4 is 43.3 Å². The van der Waals surface area contributed by atoms with Crippen LogP contribution in [0.15, 0.2) is 36.7 Å². The van der Waals surface area contributed by atoms with Crippen LogP contribution in [0.25, 0.3) is 0 Å². The lowest BCUT2D eigenvalue weighted by atomic mass is 10.1. The molecular formula is C32H44N8O6Si. The maximum atomic E-state index is 13.6. The molecule has 3 aromatic rings. The van der Waals surface area contributed by atoms with E-state index in [4.69, 9.17) is 14.2 Å². The fourth-order valence-electron chi connectivity index (χ4n) is 5.21. The van der Waals surface area contributed by atoms with Crippen LogP contribution in [-0.2, 0) is 22.7 Å². The zero-order valence-corrected chi connectivity index (χ0v) is 29.2. The minimum atomic E-state index is -1.34. The average Bonchev–Trinajstić information content (AvgIpc) is 3.58. The molecule has 1 saturated heterocycles. The van der Waals surface area contributed by atoms with Crippen LogP contribution in [0.2, 0.25) is 25.7 Å². The number of aromatic nitrogens is 4. The van der Waals surface area contributed by atoms with E-state index in [2.05, 4.69) is 44.9 Å². The molecule has 0 spiro atoms. The van der Waals surface area contributed by atoms with Gasteiger partial charge in [0, 0.05) is 52.6 Å². The van der Waals surface area contributed by atoms with Crippen LogP contribution in [0.3, 0.4) is 0 Å². The Morgan fingerprint density at radius 3 is 2.49 bits per heavy atom. The smallest absolute Gasteiger partial charge is 0.410 e. The number of methoxy groups -OCH3 is 1. The van der Waals surface area contributed by atoms with E-state index < -0.39 is 19.6 Å². The quantitative estimate of drug-likeness (QED) is 0.244. The molecule has 47 heavy (non-hydrogen) atoms. The molecule has 252 valence electrons. The van der Waals surface area contributed by atoms with E-state index in [1.54, 1.807) is 30.5 Å². The summed E-state index contributed by atoms with van der Waals surface area (Å²) in [7, 11) is 0.212. The number of benzene rings is 1. The van der Waals surface area contributed by atoms with Gasteiger partial charge in [-0.25, -0.2) is 9.48 Å². The van der Waals surface area contributed by atoms with Gasteiger partial charge in [-0.1, -0.05) is 25.7 Å². The Hall–Kier alpha value is -4.50. The molecule has 0 saturated carbocycles. The first-order chi connectivity index (χ1) is 22.2. The fourth-order valence-corrected chi connectivity index (χ4v) is 5.96. The van der Waals surface area contributed by atoms with Gasteiger partial charge in [0.15, 0.2) is 0 Å². The Morgan fingerprint density at radius 1 is 1.06 bits per heavy atom. The number of rotatable bonds is 10. The number of piperazine rings is 1. The topological polar surface area (TPSA) is 144 Å². The summed E-state index contributed by atoms with van der Waals surface area (Å²) in [5.41, 5.74) is 1.99. The molecule has 2 aliphatic rings. The second-order valence-corrected chi connectivity index (χ2v) is 19.4. The highest BCUT2D eigenvalue weighted by Gasteiger charge is 2.34. The van der Waals surface area contributed by atoms with Gasteiger partial charge in [-0.2, -0.15) is 4.98 Å². The lowest BCUT2D eigenvalue weighted by Gasteiger charge is -2.37. The van der Waals surface area contributed by atoms with Crippen molar-refractivity contribution in [1.29, 1.82) is 0 Å². The monoisotopic (exact) mass is 664 g/mol. The Morgan fingerprint density at radius 2 is 1.81 bits per heavy atom. The molecule has 1 fully saturated rings. The highest BCUT2D eigenvalue weighted by atomic mass is 28.3. The molecule has 0 aliphatic carbocycles. The molecule has 0 bridgehead atoms. The van der Waals surface area contributed by atoms with Gasteiger partial charge in [0.2, 0.25) is 11.8 Å². The van der Waals surface area contributed by atoms with Gasteiger partial charge in [-0.3, -0.25) is 19.5 Å². The molecule has 1 aromatic carbocycles. The van der Waals surface area contributed by atoms with Crippen molar-refractivity contribution in [2.45, 2.75) is 65.3 Å². The molecule has 2 aromatic heterocycles. The maximum Gasteiger partial charge on any atom is 0.410 e. The minimum Gasteiger partial charge on any atom is -0.497 e. The summed E-state index contributed by atoms with van der Waals surface area (Å²) in [4.78, 5) is 53.7. The van der Waals surface area contributed by atoms with Crippen LogP contribution in [0.5, 0.6) is 5.75 Å². The number of nitrogens with one attached hydrogen (secondary N) is 1. The molecule has 1 N–H and O–H groups in total. The van der Waals surface area contributed by atoms with Gasteiger partial charge >= 0.3 is 6.09 Å². The number of ether oxygens (including phenoxy) is 3.